The van der Waals surface area contributed by atoms with Gasteiger partial charge in [-0.25, -0.2) is 0 Å². The number of nitrogens with one attached hydrogen (secondary N) is 6. The van der Waals surface area contributed by atoms with Gasteiger partial charge < -0.3 is 31.9 Å². The third-order valence-electron chi connectivity index (χ3n) is 0. The first-order valence-electron chi connectivity index (χ1n) is 6.00. The third-order valence-corrected chi connectivity index (χ3v) is 0. The molecule has 18 heavy (non-hydrogen) atoms. The van der Waals surface area contributed by atoms with Crippen LogP contribution >= 0.6 is 0 Å². The monoisotopic (exact) mass is 270 g/mol. The minimum Gasteiger partial charge on any atom is -0.323 e. The van der Waals surface area contributed by atoms with Gasteiger partial charge in [0.05, 0.1) is 0 Å². The second-order valence-electron chi connectivity index (χ2n) is 3.00. The van der Waals surface area contributed by atoms with Crippen LogP contribution in [-0.2, 0) is 0 Å². The summed E-state index contributed by atoms with van der Waals surface area (Å²) in [5.41, 5.74) is 0. The summed E-state index contributed by atoms with van der Waals surface area (Å²) >= 11 is 0. The molecule has 0 saturated carbocycles. The Bertz CT molecular complexity index is 32.0. The molecule has 6 N–H and O–H groups in total. The van der Waals surface area contributed by atoms with E-state index in [0.717, 1.165) is 0 Å². The lowest BCUT2D eigenvalue weighted by Gasteiger charge is -1.59. The van der Waals surface area contributed by atoms with Crippen molar-refractivity contribution >= 4 is 0 Å². The summed E-state index contributed by atoms with van der Waals surface area (Å²) in [7, 11) is 22.5. The van der Waals surface area contributed by atoms with E-state index in [-0.39, 0.29) is 0 Å². The zero-order valence-electron chi connectivity index (χ0n) is 15.0. The third kappa shape index (κ3) is 59600. The Hall–Kier alpha value is -0.240. The Labute approximate surface area is 117 Å². The molecule has 0 spiro atoms. The predicted molar refractivity (Wildman–Crippen MR) is 89.9 cm³/mol. The molecule has 0 aliphatic heterocycles. The highest BCUT2D eigenvalue weighted by Crippen LogP contribution is 0.996. The SMILES string of the molecule is CNC.CNC.CNC.CNC.CNC.CNC. The van der Waals surface area contributed by atoms with Gasteiger partial charge in [-0.15, -0.1) is 0 Å². The van der Waals surface area contributed by atoms with Crippen LogP contribution in [0.1, 0.15) is 0 Å². The molecule has 0 heterocycles. The molecule has 0 atom stereocenters. The maximum atomic E-state index is 2.75. The normalized spacial score (nSPS) is 6.00. The molecule has 120 valence electrons. The molecule has 6 heteroatoms. The molecule has 0 rings (SSSR count). The van der Waals surface area contributed by atoms with Crippen LogP contribution in [0.4, 0.5) is 0 Å². The summed E-state index contributed by atoms with van der Waals surface area (Å²) in [6.07, 6.45) is 0. The number of hydrogen-bond donors (Lipinski definition) is 6. The van der Waals surface area contributed by atoms with Crippen LogP contribution in [0.25, 0.3) is 0 Å². The smallest absolute Gasteiger partial charge is 0.0167 e. The first-order valence-corrected chi connectivity index (χ1v) is 6.00. The van der Waals surface area contributed by atoms with E-state index in [2.05, 4.69) is 31.9 Å². The van der Waals surface area contributed by atoms with Crippen LogP contribution in [0.3, 0.4) is 0 Å². The quantitative estimate of drug-likeness (QED) is 0.340. The van der Waals surface area contributed by atoms with Crippen molar-refractivity contribution in [2.24, 2.45) is 0 Å². The van der Waals surface area contributed by atoms with Crippen LogP contribution in [0.2, 0.25) is 0 Å². The van der Waals surface area contributed by atoms with Gasteiger partial charge in [0.2, 0.25) is 0 Å². The largest absolute Gasteiger partial charge is 0.323 e. The number of rotatable bonds is 0. The second kappa shape index (κ2) is 125. The molecular weight excluding hydrogens is 228 g/mol. The molecule has 0 saturated heterocycles. The second-order valence-corrected chi connectivity index (χ2v) is 3.00. The first kappa shape index (κ1) is 36.1. The lowest BCUT2D eigenvalue weighted by atomic mass is 11.3. The van der Waals surface area contributed by atoms with Crippen LogP contribution in [-0.4, -0.2) is 84.6 Å². The summed E-state index contributed by atoms with van der Waals surface area (Å²) in [4.78, 5) is 0. The Balaban J connectivity index is -0.0000000240. The van der Waals surface area contributed by atoms with Crippen molar-refractivity contribution in [1.29, 1.82) is 0 Å². The standard InChI is InChI=1S/6C2H7N/c6*1-3-2/h6*3H,1-2H3. The van der Waals surface area contributed by atoms with Gasteiger partial charge >= 0.3 is 0 Å². The van der Waals surface area contributed by atoms with Gasteiger partial charge in [0.15, 0.2) is 0 Å². The summed E-state index contributed by atoms with van der Waals surface area (Å²) in [5, 5.41) is 16.5. The first-order chi connectivity index (χ1) is 8.49. The summed E-state index contributed by atoms with van der Waals surface area (Å²) in [6.45, 7) is 0. The topological polar surface area (TPSA) is 72.2 Å². The minimum absolute atomic E-state index is 1.88. The molecule has 6 nitrogen and oxygen atoms in total. The summed E-state index contributed by atoms with van der Waals surface area (Å²) in [6, 6.07) is 0. The average Bonchev–Trinajstić information content (AvgIpc) is 2.23. The van der Waals surface area contributed by atoms with E-state index in [0.29, 0.717) is 0 Å². The minimum atomic E-state index is 1.88. The van der Waals surface area contributed by atoms with Gasteiger partial charge in [-0.1, -0.05) is 0 Å². The van der Waals surface area contributed by atoms with Crippen LogP contribution in [0, 0.1) is 0 Å². The van der Waals surface area contributed by atoms with Gasteiger partial charge in [-0.05, 0) is 84.6 Å². The fourth-order valence-electron chi connectivity index (χ4n) is 0. The van der Waals surface area contributed by atoms with Gasteiger partial charge in [0.1, 0.15) is 0 Å². The molecule has 0 fully saturated rings. The van der Waals surface area contributed by atoms with Crippen molar-refractivity contribution in [3.8, 4) is 0 Å². The molecule has 0 bridgehead atoms. The molecular formula is C12H42N6. The van der Waals surface area contributed by atoms with Crippen molar-refractivity contribution in [2.45, 2.75) is 0 Å². The predicted octanol–water partition coefficient (Wildman–Crippen LogP) is -0.986. The van der Waals surface area contributed by atoms with E-state index < -0.39 is 0 Å². The fraction of sp³-hybridized carbons (Fsp3) is 1.00. The fourth-order valence-corrected chi connectivity index (χ4v) is 0. The Morgan fingerprint density at radius 2 is 0.222 bits per heavy atom. The van der Waals surface area contributed by atoms with Gasteiger partial charge in [-0.2, -0.15) is 0 Å². The van der Waals surface area contributed by atoms with E-state index in [1.165, 1.54) is 0 Å². The molecule has 0 radical (unpaired) electrons. The lowest BCUT2D eigenvalue weighted by Crippen LogP contribution is -1.89. The van der Waals surface area contributed by atoms with E-state index >= 15 is 0 Å². The highest BCUT2D eigenvalue weighted by Gasteiger charge is 1.27. The van der Waals surface area contributed by atoms with Crippen LogP contribution < -0.4 is 31.9 Å². The Morgan fingerprint density at radius 3 is 0.222 bits per heavy atom. The Morgan fingerprint density at radius 1 is 0.222 bits per heavy atom. The zero-order valence-corrected chi connectivity index (χ0v) is 15.0. The van der Waals surface area contributed by atoms with Crippen molar-refractivity contribution in [2.75, 3.05) is 84.6 Å². The van der Waals surface area contributed by atoms with Crippen molar-refractivity contribution in [1.82, 2.24) is 31.9 Å². The lowest BCUT2D eigenvalue weighted by molar-refractivity contribution is 1.02. The number of hydrogen-bond acceptors (Lipinski definition) is 6. The highest BCUT2D eigenvalue weighted by atomic mass is 14.8. The maximum absolute atomic E-state index is 2.75. The van der Waals surface area contributed by atoms with Crippen LogP contribution in [0.5, 0.6) is 0 Å². The molecule has 0 aromatic heterocycles. The Kier molecular flexibility index (Phi) is 251. The van der Waals surface area contributed by atoms with Crippen molar-refractivity contribution in [3.63, 3.8) is 0 Å². The van der Waals surface area contributed by atoms with E-state index in [4.69, 9.17) is 0 Å². The van der Waals surface area contributed by atoms with Crippen molar-refractivity contribution < 1.29 is 0 Å². The summed E-state index contributed by atoms with van der Waals surface area (Å²) < 4.78 is 0. The van der Waals surface area contributed by atoms with E-state index in [9.17, 15) is 0 Å². The highest BCUT2D eigenvalue weighted by molar-refractivity contribution is 3.92. The van der Waals surface area contributed by atoms with Gasteiger partial charge in [-0.3, -0.25) is 0 Å². The zero-order chi connectivity index (χ0) is 16.2. The van der Waals surface area contributed by atoms with Gasteiger partial charge in [0.25, 0.3) is 0 Å². The molecule has 0 unspecified atom stereocenters. The summed E-state index contributed by atoms with van der Waals surface area (Å²) in [5.74, 6) is 0. The van der Waals surface area contributed by atoms with E-state index in [1.807, 2.05) is 84.6 Å². The molecule has 0 amide bonds. The molecule has 0 aliphatic carbocycles. The molecule has 0 aliphatic rings. The molecule has 0 aromatic carbocycles. The molecule has 0 aromatic rings. The average molecular weight is 271 g/mol. The maximum Gasteiger partial charge on any atom is -0.0167 e. The van der Waals surface area contributed by atoms with Crippen molar-refractivity contribution in [3.05, 3.63) is 0 Å². The van der Waals surface area contributed by atoms with E-state index in [1.54, 1.807) is 0 Å². The van der Waals surface area contributed by atoms with Gasteiger partial charge in [0, 0.05) is 0 Å². The van der Waals surface area contributed by atoms with Crippen LogP contribution in [0.15, 0.2) is 0 Å².